The molecule has 0 saturated carbocycles. The Morgan fingerprint density at radius 3 is 2.86 bits per heavy atom. The second-order valence-electron chi connectivity index (χ2n) is 6.25. The van der Waals surface area contributed by atoms with Crippen LogP contribution in [0.5, 0.6) is 0 Å². The Kier molecular flexibility index (Phi) is 3.76. The number of nitrogens with zero attached hydrogens (tertiary/aromatic N) is 3. The number of fused-ring (bicyclic) bond motifs is 1. The number of carbonyl (C=O) groups excluding carboxylic acids is 1. The summed E-state index contributed by atoms with van der Waals surface area (Å²) in [5.41, 5.74) is 8.63. The van der Waals surface area contributed by atoms with Gasteiger partial charge in [0.15, 0.2) is 0 Å². The molecular formula is C16H24N4O. The van der Waals surface area contributed by atoms with Gasteiger partial charge in [0.25, 0.3) is 5.91 Å². The van der Waals surface area contributed by atoms with Crippen LogP contribution in [0.3, 0.4) is 0 Å². The van der Waals surface area contributed by atoms with E-state index in [0.717, 1.165) is 31.0 Å². The van der Waals surface area contributed by atoms with Crippen molar-refractivity contribution in [2.24, 2.45) is 0 Å². The Bertz CT molecular complexity index is 543. The molecule has 0 aliphatic carbocycles. The maximum atomic E-state index is 12.1. The third-order valence-electron chi connectivity index (χ3n) is 4.61. The number of amides is 1. The molecular weight excluding hydrogens is 264 g/mol. The standard InChI is InChI=1S/C16H24N4O/c1-18(2)16(21)12-5-6-14(17)15(10-12)20-9-8-19-7-3-4-13(19)11-20/h5-6,10,13H,3-4,7-9,11,17H2,1-2H3. The fourth-order valence-corrected chi connectivity index (χ4v) is 3.42. The summed E-state index contributed by atoms with van der Waals surface area (Å²) in [7, 11) is 3.55. The van der Waals surface area contributed by atoms with Crippen molar-refractivity contribution in [1.82, 2.24) is 9.80 Å². The molecule has 2 aliphatic heterocycles. The van der Waals surface area contributed by atoms with Crippen LogP contribution in [-0.2, 0) is 0 Å². The second-order valence-corrected chi connectivity index (χ2v) is 6.25. The minimum atomic E-state index is 0.0238. The zero-order valence-corrected chi connectivity index (χ0v) is 12.9. The molecule has 0 bridgehead atoms. The Balaban J connectivity index is 1.84. The largest absolute Gasteiger partial charge is 0.397 e. The molecule has 1 aromatic carbocycles. The number of rotatable bonds is 2. The van der Waals surface area contributed by atoms with Crippen LogP contribution in [0.2, 0.25) is 0 Å². The quantitative estimate of drug-likeness (QED) is 0.832. The summed E-state index contributed by atoms with van der Waals surface area (Å²) >= 11 is 0. The molecule has 1 unspecified atom stereocenters. The third kappa shape index (κ3) is 2.70. The molecule has 5 heteroatoms. The average molecular weight is 288 g/mol. The van der Waals surface area contributed by atoms with Crippen molar-refractivity contribution >= 4 is 17.3 Å². The van der Waals surface area contributed by atoms with Crippen molar-refractivity contribution in [2.45, 2.75) is 18.9 Å². The first kappa shape index (κ1) is 14.2. The minimum Gasteiger partial charge on any atom is -0.397 e. The molecule has 2 fully saturated rings. The van der Waals surface area contributed by atoms with Gasteiger partial charge in [-0.25, -0.2) is 0 Å². The van der Waals surface area contributed by atoms with Gasteiger partial charge in [0, 0.05) is 45.3 Å². The number of nitrogens with two attached hydrogens (primary N) is 1. The lowest BCUT2D eigenvalue weighted by Gasteiger charge is -2.39. The smallest absolute Gasteiger partial charge is 0.253 e. The number of nitrogen functional groups attached to an aromatic ring is 1. The summed E-state index contributed by atoms with van der Waals surface area (Å²) in [4.78, 5) is 18.6. The van der Waals surface area contributed by atoms with E-state index in [9.17, 15) is 4.79 Å². The highest BCUT2D eigenvalue weighted by atomic mass is 16.2. The van der Waals surface area contributed by atoms with Gasteiger partial charge in [-0.1, -0.05) is 0 Å². The van der Waals surface area contributed by atoms with Gasteiger partial charge in [-0.05, 0) is 37.6 Å². The van der Waals surface area contributed by atoms with Crippen molar-refractivity contribution in [1.29, 1.82) is 0 Å². The van der Waals surface area contributed by atoms with Gasteiger partial charge in [-0.2, -0.15) is 0 Å². The van der Waals surface area contributed by atoms with Crippen LogP contribution in [0.1, 0.15) is 23.2 Å². The molecule has 0 spiro atoms. The number of hydrogen-bond donors (Lipinski definition) is 1. The van der Waals surface area contributed by atoms with Gasteiger partial charge < -0.3 is 15.5 Å². The minimum absolute atomic E-state index is 0.0238. The van der Waals surface area contributed by atoms with Crippen LogP contribution in [0.15, 0.2) is 18.2 Å². The van der Waals surface area contributed by atoms with Crippen molar-refractivity contribution in [3.05, 3.63) is 23.8 Å². The fourth-order valence-electron chi connectivity index (χ4n) is 3.42. The van der Waals surface area contributed by atoms with Crippen molar-refractivity contribution in [3.8, 4) is 0 Å². The zero-order chi connectivity index (χ0) is 15.0. The van der Waals surface area contributed by atoms with E-state index in [1.165, 1.54) is 19.4 Å². The van der Waals surface area contributed by atoms with E-state index in [2.05, 4.69) is 9.80 Å². The highest BCUT2D eigenvalue weighted by molar-refractivity contribution is 5.96. The maximum Gasteiger partial charge on any atom is 0.253 e. The van der Waals surface area contributed by atoms with Gasteiger partial charge in [0.05, 0.1) is 11.4 Å². The van der Waals surface area contributed by atoms with Crippen LogP contribution in [0, 0.1) is 0 Å². The molecule has 1 amide bonds. The van der Waals surface area contributed by atoms with Crippen LogP contribution >= 0.6 is 0 Å². The topological polar surface area (TPSA) is 52.8 Å². The molecule has 1 aromatic rings. The highest BCUT2D eigenvalue weighted by Crippen LogP contribution is 2.30. The molecule has 0 radical (unpaired) electrons. The SMILES string of the molecule is CN(C)C(=O)c1ccc(N)c(N2CCN3CCCC3C2)c1. The van der Waals surface area contributed by atoms with Gasteiger partial charge >= 0.3 is 0 Å². The molecule has 1 atom stereocenters. The van der Waals surface area contributed by atoms with Crippen LogP contribution in [0.4, 0.5) is 11.4 Å². The summed E-state index contributed by atoms with van der Waals surface area (Å²) < 4.78 is 0. The van der Waals surface area contributed by atoms with E-state index in [1.54, 1.807) is 19.0 Å². The Hall–Kier alpha value is -1.75. The van der Waals surface area contributed by atoms with Gasteiger partial charge in [-0.3, -0.25) is 9.69 Å². The molecule has 0 aromatic heterocycles. The first-order chi connectivity index (χ1) is 10.1. The molecule has 5 nitrogen and oxygen atoms in total. The second kappa shape index (κ2) is 5.56. The predicted octanol–water partition coefficient (Wildman–Crippen LogP) is 1.25. The summed E-state index contributed by atoms with van der Waals surface area (Å²) in [6.07, 6.45) is 2.57. The van der Waals surface area contributed by atoms with E-state index in [1.807, 2.05) is 18.2 Å². The molecule has 114 valence electrons. The number of hydrogen-bond acceptors (Lipinski definition) is 4. The van der Waals surface area contributed by atoms with Crippen LogP contribution in [0.25, 0.3) is 0 Å². The van der Waals surface area contributed by atoms with E-state index in [0.29, 0.717) is 11.6 Å². The molecule has 2 N–H and O–H groups in total. The zero-order valence-electron chi connectivity index (χ0n) is 12.9. The summed E-state index contributed by atoms with van der Waals surface area (Å²) in [5, 5.41) is 0. The van der Waals surface area contributed by atoms with Crippen LogP contribution in [-0.4, -0.2) is 62.0 Å². The van der Waals surface area contributed by atoms with E-state index >= 15 is 0 Å². The first-order valence-electron chi connectivity index (χ1n) is 7.66. The van der Waals surface area contributed by atoms with Gasteiger partial charge in [0.2, 0.25) is 0 Å². The lowest BCUT2D eigenvalue weighted by molar-refractivity contribution is 0.0827. The normalized spacial score (nSPS) is 22.2. The molecule has 2 saturated heterocycles. The number of anilines is 2. The fraction of sp³-hybridized carbons (Fsp3) is 0.562. The van der Waals surface area contributed by atoms with Gasteiger partial charge in [-0.15, -0.1) is 0 Å². The average Bonchev–Trinajstić information content (AvgIpc) is 2.94. The molecule has 3 rings (SSSR count). The van der Waals surface area contributed by atoms with Crippen molar-refractivity contribution in [3.63, 3.8) is 0 Å². The summed E-state index contributed by atoms with van der Waals surface area (Å²) in [6.45, 7) is 4.33. The first-order valence-corrected chi connectivity index (χ1v) is 7.66. The molecule has 2 aliphatic rings. The molecule has 21 heavy (non-hydrogen) atoms. The van der Waals surface area contributed by atoms with E-state index < -0.39 is 0 Å². The van der Waals surface area contributed by atoms with E-state index in [4.69, 9.17) is 5.73 Å². The van der Waals surface area contributed by atoms with E-state index in [-0.39, 0.29) is 5.91 Å². The number of piperazine rings is 1. The Labute approximate surface area is 126 Å². The number of carbonyl (C=O) groups is 1. The lowest BCUT2D eigenvalue weighted by Crippen LogP contribution is -2.50. The summed E-state index contributed by atoms with van der Waals surface area (Å²) in [6, 6.07) is 6.26. The Morgan fingerprint density at radius 1 is 1.29 bits per heavy atom. The monoisotopic (exact) mass is 288 g/mol. The lowest BCUT2D eigenvalue weighted by atomic mass is 10.1. The maximum absolute atomic E-state index is 12.1. The van der Waals surface area contributed by atoms with Crippen LogP contribution < -0.4 is 10.6 Å². The van der Waals surface area contributed by atoms with Crippen molar-refractivity contribution < 1.29 is 4.79 Å². The molecule has 2 heterocycles. The van der Waals surface area contributed by atoms with Crippen molar-refractivity contribution in [2.75, 3.05) is 50.9 Å². The highest BCUT2D eigenvalue weighted by Gasteiger charge is 2.31. The third-order valence-corrected chi connectivity index (χ3v) is 4.61. The number of benzene rings is 1. The predicted molar refractivity (Wildman–Crippen MR) is 85.7 cm³/mol. The Morgan fingerprint density at radius 2 is 2.10 bits per heavy atom. The summed E-state index contributed by atoms with van der Waals surface area (Å²) in [5.74, 6) is 0.0238. The van der Waals surface area contributed by atoms with Gasteiger partial charge in [0.1, 0.15) is 0 Å².